The third-order valence-electron chi connectivity index (χ3n) is 5.13. The SMILES string of the molecule is C[C@]1(c2ccccc2)CCN(c2cccc(-c3ccc(F)cc3F)c2)C(=O)O1. The van der Waals surface area contributed by atoms with E-state index in [-0.39, 0.29) is 5.56 Å². The normalized spacial score (nSPS) is 19.4. The molecule has 0 aliphatic carbocycles. The summed E-state index contributed by atoms with van der Waals surface area (Å²) in [7, 11) is 0. The van der Waals surface area contributed by atoms with Crippen LogP contribution in [0.15, 0.2) is 72.8 Å². The van der Waals surface area contributed by atoms with Gasteiger partial charge in [-0.25, -0.2) is 13.6 Å². The molecule has 3 nitrogen and oxygen atoms in total. The summed E-state index contributed by atoms with van der Waals surface area (Å²) in [4.78, 5) is 14.3. The van der Waals surface area contributed by atoms with E-state index in [0.717, 1.165) is 11.6 Å². The van der Waals surface area contributed by atoms with E-state index >= 15 is 0 Å². The third kappa shape index (κ3) is 3.36. The Kier molecular flexibility index (Phi) is 4.59. The molecule has 4 rings (SSSR count). The van der Waals surface area contributed by atoms with Gasteiger partial charge in [0.25, 0.3) is 0 Å². The lowest BCUT2D eigenvalue weighted by Gasteiger charge is -2.39. The Bertz CT molecular complexity index is 1020. The van der Waals surface area contributed by atoms with Crippen LogP contribution in [0.2, 0.25) is 0 Å². The summed E-state index contributed by atoms with van der Waals surface area (Å²) >= 11 is 0. The zero-order chi connectivity index (χ0) is 19.7. The van der Waals surface area contributed by atoms with Gasteiger partial charge in [0, 0.05) is 30.3 Å². The average molecular weight is 379 g/mol. The Labute approximate surface area is 162 Å². The lowest BCUT2D eigenvalue weighted by molar-refractivity contribution is 0.00583. The van der Waals surface area contributed by atoms with Gasteiger partial charge < -0.3 is 4.74 Å². The molecule has 28 heavy (non-hydrogen) atoms. The van der Waals surface area contributed by atoms with E-state index in [1.54, 1.807) is 24.3 Å². The smallest absolute Gasteiger partial charge is 0.415 e. The predicted molar refractivity (Wildman–Crippen MR) is 104 cm³/mol. The number of hydrogen-bond donors (Lipinski definition) is 0. The number of benzene rings is 3. The number of amides is 1. The molecule has 1 atom stereocenters. The van der Waals surface area contributed by atoms with Crippen molar-refractivity contribution in [1.82, 2.24) is 0 Å². The first kappa shape index (κ1) is 18.2. The molecule has 1 aliphatic heterocycles. The van der Waals surface area contributed by atoms with E-state index < -0.39 is 23.3 Å². The number of halogens is 2. The first-order valence-corrected chi connectivity index (χ1v) is 9.08. The quantitative estimate of drug-likeness (QED) is 0.567. The Morgan fingerprint density at radius 2 is 1.75 bits per heavy atom. The number of cyclic esters (lactones) is 1. The number of rotatable bonds is 3. The second-order valence-corrected chi connectivity index (χ2v) is 7.04. The molecule has 142 valence electrons. The molecule has 5 heteroatoms. The molecule has 0 spiro atoms. The second kappa shape index (κ2) is 7.08. The molecule has 0 N–H and O–H groups in total. The summed E-state index contributed by atoms with van der Waals surface area (Å²) in [5.41, 5.74) is 1.73. The van der Waals surface area contributed by atoms with Gasteiger partial charge in [-0.15, -0.1) is 0 Å². The van der Waals surface area contributed by atoms with Crippen LogP contribution in [0, 0.1) is 11.6 Å². The molecule has 3 aromatic carbocycles. The molecule has 1 amide bonds. The van der Waals surface area contributed by atoms with Crippen molar-refractivity contribution in [1.29, 1.82) is 0 Å². The standard InChI is InChI=1S/C23H19F2NO2/c1-23(17-7-3-2-4-8-17)12-13-26(22(27)28-23)19-9-5-6-16(14-19)20-11-10-18(24)15-21(20)25/h2-11,14-15H,12-13H2,1H3/t23-/m1/s1. The summed E-state index contributed by atoms with van der Waals surface area (Å²) in [6, 6.07) is 20.1. The summed E-state index contributed by atoms with van der Waals surface area (Å²) in [5, 5.41) is 0. The van der Waals surface area contributed by atoms with Crippen LogP contribution in [0.5, 0.6) is 0 Å². The minimum absolute atomic E-state index is 0.280. The number of carbonyl (C=O) groups is 1. The van der Waals surface area contributed by atoms with Crippen molar-refractivity contribution < 1.29 is 18.3 Å². The molecule has 1 aliphatic rings. The molecule has 0 radical (unpaired) electrons. The van der Waals surface area contributed by atoms with Gasteiger partial charge in [-0.2, -0.15) is 0 Å². The highest BCUT2D eigenvalue weighted by Crippen LogP contribution is 2.36. The molecule has 1 saturated heterocycles. The van der Waals surface area contributed by atoms with E-state index in [2.05, 4.69) is 0 Å². The van der Waals surface area contributed by atoms with Gasteiger partial charge in [-0.3, -0.25) is 4.90 Å². The monoisotopic (exact) mass is 379 g/mol. The highest BCUT2D eigenvalue weighted by Gasteiger charge is 2.38. The zero-order valence-electron chi connectivity index (χ0n) is 15.4. The van der Waals surface area contributed by atoms with Crippen molar-refractivity contribution in [2.24, 2.45) is 0 Å². The van der Waals surface area contributed by atoms with Gasteiger partial charge in [0.15, 0.2) is 0 Å². The number of anilines is 1. The van der Waals surface area contributed by atoms with Gasteiger partial charge in [-0.05, 0) is 42.3 Å². The molecule has 1 heterocycles. The molecule has 0 bridgehead atoms. The van der Waals surface area contributed by atoms with Gasteiger partial charge in [0.2, 0.25) is 0 Å². The molecule has 0 aromatic heterocycles. The van der Waals surface area contributed by atoms with Gasteiger partial charge in [-0.1, -0.05) is 42.5 Å². The van der Waals surface area contributed by atoms with Gasteiger partial charge in [0.05, 0.1) is 0 Å². The number of nitrogens with zero attached hydrogens (tertiary/aromatic N) is 1. The van der Waals surface area contributed by atoms with Crippen molar-refractivity contribution in [3.8, 4) is 11.1 Å². The molecule has 0 saturated carbocycles. The number of ether oxygens (including phenoxy) is 1. The van der Waals surface area contributed by atoms with Crippen LogP contribution in [0.25, 0.3) is 11.1 Å². The topological polar surface area (TPSA) is 29.5 Å². The van der Waals surface area contributed by atoms with Gasteiger partial charge in [0.1, 0.15) is 17.2 Å². The van der Waals surface area contributed by atoms with E-state index in [1.165, 1.54) is 17.0 Å². The van der Waals surface area contributed by atoms with Crippen LogP contribution in [-0.4, -0.2) is 12.6 Å². The number of hydrogen-bond acceptors (Lipinski definition) is 2. The molecular weight excluding hydrogens is 360 g/mol. The fourth-order valence-electron chi connectivity index (χ4n) is 3.51. The minimum Gasteiger partial charge on any atom is -0.438 e. The predicted octanol–water partition coefficient (Wildman–Crippen LogP) is 5.89. The minimum atomic E-state index is -0.685. The van der Waals surface area contributed by atoms with Crippen molar-refractivity contribution in [3.05, 3.63) is 90.0 Å². The van der Waals surface area contributed by atoms with E-state index in [9.17, 15) is 13.6 Å². The number of carbonyl (C=O) groups excluding carboxylic acids is 1. The van der Waals surface area contributed by atoms with Crippen molar-refractivity contribution in [2.45, 2.75) is 18.9 Å². The van der Waals surface area contributed by atoms with Crippen molar-refractivity contribution in [2.75, 3.05) is 11.4 Å². The van der Waals surface area contributed by atoms with Crippen molar-refractivity contribution in [3.63, 3.8) is 0 Å². The van der Waals surface area contributed by atoms with E-state index in [1.807, 2.05) is 37.3 Å². The lowest BCUT2D eigenvalue weighted by Crippen LogP contribution is -2.46. The van der Waals surface area contributed by atoms with Gasteiger partial charge >= 0.3 is 6.09 Å². The second-order valence-electron chi connectivity index (χ2n) is 7.04. The third-order valence-corrected chi connectivity index (χ3v) is 5.13. The van der Waals surface area contributed by atoms with Crippen LogP contribution in [0.1, 0.15) is 18.9 Å². The zero-order valence-corrected chi connectivity index (χ0v) is 15.4. The molecular formula is C23H19F2NO2. The van der Waals surface area contributed by atoms with E-state index in [4.69, 9.17) is 4.74 Å². The Morgan fingerprint density at radius 1 is 0.964 bits per heavy atom. The van der Waals surface area contributed by atoms with Crippen LogP contribution in [-0.2, 0) is 10.3 Å². The Hall–Kier alpha value is -3.21. The largest absolute Gasteiger partial charge is 0.438 e. The first-order chi connectivity index (χ1) is 13.5. The van der Waals surface area contributed by atoms with Crippen LogP contribution >= 0.6 is 0 Å². The Balaban J connectivity index is 1.60. The maximum absolute atomic E-state index is 14.1. The highest BCUT2D eigenvalue weighted by molar-refractivity contribution is 5.89. The summed E-state index contributed by atoms with van der Waals surface area (Å²) in [5.74, 6) is -1.27. The maximum Gasteiger partial charge on any atom is 0.415 e. The van der Waals surface area contributed by atoms with Crippen molar-refractivity contribution >= 4 is 11.8 Å². The molecule has 1 fully saturated rings. The fraction of sp³-hybridized carbons (Fsp3) is 0.174. The maximum atomic E-state index is 14.1. The van der Waals surface area contributed by atoms with Crippen LogP contribution in [0.3, 0.4) is 0 Å². The highest BCUT2D eigenvalue weighted by atomic mass is 19.1. The molecule has 3 aromatic rings. The first-order valence-electron chi connectivity index (χ1n) is 9.08. The fourth-order valence-corrected chi connectivity index (χ4v) is 3.51. The van der Waals surface area contributed by atoms with E-state index in [0.29, 0.717) is 24.2 Å². The summed E-state index contributed by atoms with van der Waals surface area (Å²) < 4.78 is 33.1. The summed E-state index contributed by atoms with van der Waals surface area (Å²) in [6.45, 7) is 2.38. The Morgan fingerprint density at radius 3 is 2.46 bits per heavy atom. The lowest BCUT2D eigenvalue weighted by atomic mass is 9.91. The average Bonchev–Trinajstić information content (AvgIpc) is 2.69. The molecule has 0 unspecified atom stereocenters. The summed E-state index contributed by atoms with van der Waals surface area (Å²) in [6.07, 6.45) is 0.173. The van der Waals surface area contributed by atoms with Crippen LogP contribution in [0.4, 0.5) is 19.3 Å². The van der Waals surface area contributed by atoms with Crippen LogP contribution < -0.4 is 4.90 Å².